The monoisotopic (exact) mass is 273 g/mol. The largest absolute Gasteiger partial charge is 0.508 e. The number of hydrogen-bond donors (Lipinski definition) is 2. The van der Waals surface area contributed by atoms with Crippen LogP contribution in [-0.2, 0) is 11.3 Å². The topological polar surface area (TPSA) is 81.8 Å². The quantitative estimate of drug-likeness (QED) is 0.660. The number of benzene rings is 2. The maximum atomic E-state index is 12.0. The van der Waals surface area contributed by atoms with Gasteiger partial charge in [-0.25, -0.2) is 4.79 Å². The third-order valence-electron chi connectivity index (χ3n) is 2.75. The molecule has 0 bridgehead atoms. The standard InChI is InChI=1S/C15H15NO4/c1-19-14-12(6-3-7-13(14)16)15(18)20-9-10-4-2-5-11(17)8-10/h2-8,17H,9,16H2,1H3. The van der Waals surface area contributed by atoms with Crippen LogP contribution in [0.5, 0.6) is 11.5 Å². The molecule has 5 nitrogen and oxygen atoms in total. The summed E-state index contributed by atoms with van der Waals surface area (Å²) in [4.78, 5) is 12.0. The Morgan fingerprint density at radius 2 is 2.00 bits per heavy atom. The van der Waals surface area contributed by atoms with Crippen LogP contribution in [0.25, 0.3) is 0 Å². The van der Waals surface area contributed by atoms with Crippen LogP contribution in [0.1, 0.15) is 15.9 Å². The summed E-state index contributed by atoms with van der Waals surface area (Å²) in [6, 6.07) is 11.4. The molecule has 0 fully saturated rings. The Kier molecular flexibility index (Phi) is 4.10. The Hall–Kier alpha value is -2.69. The Balaban J connectivity index is 2.11. The highest BCUT2D eigenvalue weighted by Gasteiger charge is 2.15. The molecule has 0 saturated heterocycles. The summed E-state index contributed by atoms with van der Waals surface area (Å²) < 4.78 is 10.3. The first-order chi connectivity index (χ1) is 9.61. The van der Waals surface area contributed by atoms with E-state index in [1.165, 1.54) is 13.2 Å². The van der Waals surface area contributed by atoms with Gasteiger partial charge in [-0.2, -0.15) is 0 Å². The molecule has 0 aliphatic carbocycles. The summed E-state index contributed by atoms with van der Waals surface area (Å²) in [7, 11) is 1.44. The molecule has 0 atom stereocenters. The van der Waals surface area contributed by atoms with E-state index >= 15 is 0 Å². The first-order valence-electron chi connectivity index (χ1n) is 5.99. The maximum absolute atomic E-state index is 12.0. The van der Waals surface area contributed by atoms with E-state index in [4.69, 9.17) is 15.2 Å². The minimum atomic E-state index is -0.530. The molecule has 0 saturated carbocycles. The molecule has 0 spiro atoms. The number of carbonyl (C=O) groups excluding carboxylic acids is 1. The van der Waals surface area contributed by atoms with Crippen molar-refractivity contribution in [2.24, 2.45) is 0 Å². The van der Waals surface area contributed by atoms with Crippen molar-refractivity contribution < 1.29 is 19.4 Å². The minimum absolute atomic E-state index is 0.0607. The highest BCUT2D eigenvalue weighted by molar-refractivity contribution is 5.94. The molecule has 104 valence electrons. The van der Waals surface area contributed by atoms with Crippen molar-refractivity contribution in [3.8, 4) is 11.5 Å². The molecule has 0 amide bonds. The third kappa shape index (κ3) is 3.00. The number of para-hydroxylation sites is 1. The SMILES string of the molecule is COc1c(N)cccc1C(=O)OCc1cccc(O)c1. The second-order valence-corrected chi connectivity index (χ2v) is 4.17. The predicted octanol–water partition coefficient (Wildman–Crippen LogP) is 2.34. The van der Waals surface area contributed by atoms with Gasteiger partial charge >= 0.3 is 5.97 Å². The highest BCUT2D eigenvalue weighted by atomic mass is 16.5. The van der Waals surface area contributed by atoms with Gasteiger partial charge in [0, 0.05) is 0 Å². The molecule has 2 rings (SSSR count). The fourth-order valence-electron chi connectivity index (χ4n) is 1.82. The molecule has 3 N–H and O–H groups in total. The van der Waals surface area contributed by atoms with Crippen LogP contribution < -0.4 is 10.5 Å². The average Bonchev–Trinajstić information content (AvgIpc) is 2.44. The number of carbonyl (C=O) groups is 1. The van der Waals surface area contributed by atoms with E-state index in [1.54, 1.807) is 36.4 Å². The van der Waals surface area contributed by atoms with E-state index in [0.29, 0.717) is 17.0 Å². The number of esters is 1. The number of nitrogens with two attached hydrogens (primary N) is 1. The Bertz CT molecular complexity index is 625. The van der Waals surface area contributed by atoms with Gasteiger partial charge in [0.05, 0.1) is 12.8 Å². The molecule has 0 unspecified atom stereocenters. The smallest absolute Gasteiger partial charge is 0.342 e. The lowest BCUT2D eigenvalue weighted by Crippen LogP contribution is -2.08. The van der Waals surface area contributed by atoms with Crippen molar-refractivity contribution in [2.45, 2.75) is 6.61 Å². The van der Waals surface area contributed by atoms with Gasteiger partial charge in [-0.05, 0) is 29.8 Å². The number of methoxy groups -OCH3 is 1. The number of phenols is 1. The zero-order chi connectivity index (χ0) is 14.5. The fraction of sp³-hybridized carbons (Fsp3) is 0.133. The number of hydrogen-bond acceptors (Lipinski definition) is 5. The number of ether oxygens (including phenoxy) is 2. The maximum Gasteiger partial charge on any atom is 0.342 e. The molecule has 0 heterocycles. The van der Waals surface area contributed by atoms with E-state index in [1.807, 2.05) is 0 Å². The van der Waals surface area contributed by atoms with Crippen molar-refractivity contribution in [3.05, 3.63) is 53.6 Å². The zero-order valence-electron chi connectivity index (χ0n) is 11.0. The first-order valence-corrected chi connectivity index (χ1v) is 5.99. The van der Waals surface area contributed by atoms with E-state index in [-0.39, 0.29) is 17.9 Å². The normalized spacial score (nSPS) is 10.1. The van der Waals surface area contributed by atoms with E-state index in [9.17, 15) is 9.90 Å². The van der Waals surface area contributed by atoms with Crippen LogP contribution in [0.15, 0.2) is 42.5 Å². The van der Waals surface area contributed by atoms with Crippen molar-refractivity contribution in [1.82, 2.24) is 0 Å². The minimum Gasteiger partial charge on any atom is -0.508 e. The van der Waals surface area contributed by atoms with Gasteiger partial charge in [-0.1, -0.05) is 18.2 Å². The number of nitrogen functional groups attached to an aromatic ring is 1. The summed E-state index contributed by atoms with van der Waals surface area (Å²) in [5.41, 5.74) is 7.07. The lowest BCUT2D eigenvalue weighted by molar-refractivity contribution is 0.0469. The molecule has 0 aliphatic heterocycles. The van der Waals surface area contributed by atoms with Gasteiger partial charge in [0.2, 0.25) is 0 Å². The number of phenolic OH excluding ortho intramolecular Hbond substituents is 1. The molecule has 2 aromatic rings. The zero-order valence-corrected chi connectivity index (χ0v) is 11.0. The van der Waals surface area contributed by atoms with E-state index in [0.717, 1.165) is 0 Å². The van der Waals surface area contributed by atoms with Crippen molar-refractivity contribution in [3.63, 3.8) is 0 Å². The molecule has 0 aliphatic rings. The van der Waals surface area contributed by atoms with Gasteiger partial charge < -0.3 is 20.3 Å². The van der Waals surface area contributed by atoms with Gasteiger partial charge in [0.15, 0.2) is 5.75 Å². The van der Waals surface area contributed by atoms with Crippen LogP contribution in [0, 0.1) is 0 Å². The summed E-state index contributed by atoms with van der Waals surface area (Å²) >= 11 is 0. The number of rotatable bonds is 4. The van der Waals surface area contributed by atoms with Crippen molar-refractivity contribution in [1.29, 1.82) is 0 Å². The first kappa shape index (κ1) is 13.7. The van der Waals surface area contributed by atoms with E-state index in [2.05, 4.69) is 0 Å². The number of aromatic hydroxyl groups is 1. The van der Waals surface area contributed by atoms with Crippen LogP contribution in [0.3, 0.4) is 0 Å². The summed E-state index contributed by atoms with van der Waals surface area (Å²) in [5.74, 6) is -0.106. The summed E-state index contributed by atoms with van der Waals surface area (Å²) in [6.45, 7) is 0.0607. The Morgan fingerprint density at radius 3 is 2.70 bits per heavy atom. The van der Waals surface area contributed by atoms with Crippen LogP contribution >= 0.6 is 0 Å². The van der Waals surface area contributed by atoms with E-state index < -0.39 is 5.97 Å². The van der Waals surface area contributed by atoms with Crippen molar-refractivity contribution in [2.75, 3.05) is 12.8 Å². The average molecular weight is 273 g/mol. The predicted molar refractivity (Wildman–Crippen MR) is 74.6 cm³/mol. The molecule has 20 heavy (non-hydrogen) atoms. The van der Waals surface area contributed by atoms with Gasteiger partial charge in [-0.15, -0.1) is 0 Å². The fourth-order valence-corrected chi connectivity index (χ4v) is 1.82. The number of anilines is 1. The molecular formula is C15H15NO4. The Labute approximate surface area is 116 Å². The second-order valence-electron chi connectivity index (χ2n) is 4.17. The second kappa shape index (κ2) is 5.97. The van der Waals surface area contributed by atoms with Gasteiger partial charge in [0.25, 0.3) is 0 Å². The van der Waals surface area contributed by atoms with Crippen LogP contribution in [-0.4, -0.2) is 18.2 Å². The molecular weight excluding hydrogens is 258 g/mol. The summed E-state index contributed by atoms with van der Waals surface area (Å²) in [5, 5.41) is 9.34. The van der Waals surface area contributed by atoms with Crippen molar-refractivity contribution >= 4 is 11.7 Å². The third-order valence-corrected chi connectivity index (χ3v) is 2.75. The lowest BCUT2D eigenvalue weighted by atomic mass is 10.1. The molecule has 5 heteroatoms. The van der Waals surface area contributed by atoms with Gasteiger partial charge in [0.1, 0.15) is 17.9 Å². The molecule has 0 radical (unpaired) electrons. The van der Waals surface area contributed by atoms with Crippen LogP contribution in [0.4, 0.5) is 5.69 Å². The summed E-state index contributed by atoms with van der Waals surface area (Å²) in [6.07, 6.45) is 0. The molecule has 0 aromatic heterocycles. The lowest BCUT2D eigenvalue weighted by Gasteiger charge is -2.10. The van der Waals surface area contributed by atoms with Gasteiger partial charge in [-0.3, -0.25) is 0 Å². The molecule has 2 aromatic carbocycles. The Morgan fingerprint density at radius 1 is 1.25 bits per heavy atom. The highest BCUT2D eigenvalue weighted by Crippen LogP contribution is 2.26. The van der Waals surface area contributed by atoms with Crippen LogP contribution in [0.2, 0.25) is 0 Å².